The van der Waals surface area contributed by atoms with Crippen LogP contribution >= 0.6 is 0 Å². The van der Waals surface area contributed by atoms with Gasteiger partial charge in [0.1, 0.15) is 0 Å². The van der Waals surface area contributed by atoms with Gasteiger partial charge in [0.25, 0.3) is 0 Å². The van der Waals surface area contributed by atoms with E-state index in [1.54, 1.807) is 0 Å². The molecule has 0 unspecified atom stereocenters. The first-order valence-corrected chi connectivity index (χ1v) is 2.60. The third-order valence-corrected chi connectivity index (χ3v) is 0.861. The van der Waals surface area contributed by atoms with Crippen molar-refractivity contribution in [1.82, 2.24) is 0 Å². The zero-order chi connectivity index (χ0) is 9.02. The summed E-state index contributed by atoms with van der Waals surface area (Å²) in [5.74, 6) is -4.43. The second kappa shape index (κ2) is 8.93. The van der Waals surface area contributed by atoms with Crippen molar-refractivity contribution in [2.45, 2.75) is 6.92 Å². The molecule has 0 amide bonds. The quantitative estimate of drug-likeness (QED) is 0.196. The molecule has 0 fully saturated rings. The van der Waals surface area contributed by atoms with Gasteiger partial charge in [-0.1, -0.05) is 0 Å². The number of carboxylic acids is 2. The summed E-state index contributed by atoms with van der Waals surface area (Å²) in [5, 5.41) is 19.8. The monoisotopic (exact) mass is 202 g/mol. The van der Waals surface area contributed by atoms with E-state index in [1.165, 1.54) is 0 Å². The predicted molar refractivity (Wildman–Crippen MR) is 28.8 cm³/mol. The first kappa shape index (κ1) is 19.0. The molecule has 0 aromatic rings. The second-order valence-corrected chi connectivity index (χ2v) is 1.72. The van der Waals surface area contributed by atoms with E-state index in [0.717, 1.165) is 6.92 Å². The van der Waals surface area contributed by atoms with Crippen molar-refractivity contribution in [3.63, 3.8) is 0 Å². The Labute approximate surface area is 119 Å². The second-order valence-electron chi connectivity index (χ2n) is 1.72. The number of carbonyl (C=O) groups is 3. The average molecular weight is 202 g/mol. The first-order chi connectivity index (χ1) is 4.95. The van der Waals surface area contributed by atoms with Crippen LogP contribution in [-0.2, 0) is 14.4 Å². The van der Waals surface area contributed by atoms with Crippen LogP contribution < -0.4 is 69.3 Å². The van der Waals surface area contributed by atoms with Crippen molar-refractivity contribution in [3.05, 3.63) is 11.6 Å². The van der Waals surface area contributed by atoms with Crippen LogP contribution in [-0.4, -0.2) is 17.7 Å². The Balaban J connectivity index is -0.000000500. The molecule has 0 atom stereocenters. The Morgan fingerprint density at radius 3 is 1.54 bits per heavy atom. The molecule has 0 radical (unpaired) electrons. The van der Waals surface area contributed by atoms with E-state index in [9.17, 15) is 24.6 Å². The Bertz CT molecular complexity index is 229. The maximum Gasteiger partial charge on any atom is 1.00 e. The van der Waals surface area contributed by atoms with Crippen LogP contribution in [0.4, 0.5) is 0 Å². The summed E-state index contributed by atoms with van der Waals surface area (Å²) in [6.45, 7) is 0.921. The number of Topliss-reactive ketones (excluding diaryl/α,β-unsaturated/α-hetero) is 1. The number of carboxylic acid groups (broad SMARTS) is 2. The normalized spacial score (nSPS) is 9.15. The molecule has 0 aliphatic carbocycles. The molecular formula is C6H4Na2O5. The summed E-state index contributed by atoms with van der Waals surface area (Å²) < 4.78 is 0. The summed E-state index contributed by atoms with van der Waals surface area (Å²) in [6.07, 6.45) is 0.192. The van der Waals surface area contributed by atoms with Crippen LogP contribution in [0.1, 0.15) is 6.92 Å². The van der Waals surface area contributed by atoms with E-state index in [0.29, 0.717) is 0 Å². The maximum absolute atomic E-state index is 10.3. The summed E-state index contributed by atoms with van der Waals surface area (Å²) in [7, 11) is 0. The van der Waals surface area contributed by atoms with E-state index in [1.807, 2.05) is 0 Å². The van der Waals surface area contributed by atoms with Crippen LogP contribution in [0, 0.1) is 0 Å². The number of rotatable bonds is 3. The molecule has 60 valence electrons. The summed E-state index contributed by atoms with van der Waals surface area (Å²) in [4.78, 5) is 30.1. The van der Waals surface area contributed by atoms with Crippen LogP contribution in [0.2, 0.25) is 0 Å². The minimum Gasteiger partial charge on any atom is -0.545 e. The molecule has 0 aliphatic heterocycles. The Kier molecular flexibility index (Phi) is 13.1. The van der Waals surface area contributed by atoms with Gasteiger partial charge in [-0.15, -0.1) is 0 Å². The Morgan fingerprint density at radius 2 is 1.46 bits per heavy atom. The molecule has 0 aromatic carbocycles. The van der Waals surface area contributed by atoms with Crippen LogP contribution in [0.3, 0.4) is 0 Å². The molecule has 0 rings (SSSR count). The number of carbonyl (C=O) groups excluding carboxylic acids is 3. The van der Waals surface area contributed by atoms with Gasteiger partial charge in [0.15, 0.2) is 5.78 Å². The summed E-state index contributed by atoms with van der Waals surface area (Å²) >= 11 is 0. The smallest absolute Gasteiger partial charge is 0.545 e. The summed E-state index contributed by atoms with van der Waals surface area (Å²) in [5.41, 5.74) is -0.898. The molecule has 0 aliphatic rings. The molecule has 0 bridgehead atoms. The van der Waals surface area contributed by atoms with Gasteiger partial charge < -0.3 is 19.8 Å². The Hall–Kier alpha value is 0.350. The third-order valence-electron chi connectivity index (χ3n) is 0.861. The first-order valence-electron chi connectivity index (χ1n) is 2.60. The molecule has 7 heteroatoms. The van der Waals surface area contributed by atoms with Crippen LogP contribution in [0.5, 0.6) is 0 Å². The zero-order valence-corrected chi connectivity index (χ0v) is 11.6. The van der Waals surface area contributed by atoms with E-state index in [-0.39, 0.29) is 65.2 Å². The van der Waals surface area contributed by atoms with E-state index in [2.05, 4.69) is 0 Å². The van der Waals surface area contributed by atoms with Crippen molar-refractivity contribution >= 4 is 17.7 Å². The molecule has 0 aromatic heterocycles. The van der Waals surface area contributed by atoms with Crippen molar-refractivity contribution in [2.75, 3.05) is 0 Å². The van der Waals surface area contributed by atoms with Crippen molar-refractivity contribution in [2.24, 2.45) is 0 Å². The van der Waals surface area contributed by atoms with Crippen LogP contribution in [0.25, 0.3) is 0 Å². The molecule has 0 N–H and O–H groups in total. The summed E-state index contributed by atoms with van der Waals surface area (Å²) in [6, 6.07) is 0. The average Bonchev–Trinajstić information content (AvgIpc) is 1.81. The molecule has 0 spiro atoms. The largest absolute Gasteiger partial charge is 1.00 e. The van der Waals surface area contributed by atoms with Gasteiger partial charge >= 0.3 is 59.1 Å². The SMILES string of the molecule is CC(=O)/C(=C/C(=O)[O-])C(=O)[O-].[Na+].[Na+]. The molecule has 0 saturated carbocycles. The van der Waals surface area contributed by atoms with Gasteiger partial charge in [-0.05, 0) is 13.0 Å². The maximum atomic E-state index is 10.3. The van der Waals surface area contributed by atoms with Gasteiger partial charge in [-0.3, -0.25) is 4.79 Å². The predicted octanol–water partition coefficient (Wildman–Crippen LogP) is -8.99. The number of hydrogen-bond acceptors (Lipinski definition) is 5. The molecule has 13 heavy (non-hydrogen) atoms. The standard InChI is InChI=1S/C6H6O5.2Na/c1-3(7)4(6(10)11)2-5(8)9;;/h2H,1H3,(H,8,9)(H,10,11);;/q;2*+1/p-2/b4-2-;;. The van der Waals surface area contributed by atoms with Gasteiger partial charge in [-0.25, -0.2) is 0 Å². The van der Waals surface area contributed by atoms with Gasteiger partial charge in [0.2, 0.25) is 0 Å². The van der Waals surface area contributed by atoms with Gasteiger partial charge in [0, 0.05) is 5.57 Å². The van der Waals surface area contributed by atoms with E-state index < -0.39 is 23.3 Å². The third kappa shape index (κ3) is 8.67. The fourth-order valence-corrected chi connectivity index (χ4v) is 0.422. The molecule has 0 saturated heterocycles. The number of ketones is 1. The molecule has 5 nitrogen and oxygen atoms in total. The van der Waals surface area contributed by atoms with Gasteiger partial charge in [-0.2, -0.15) is 0 Å². The zero-order valence-electron chi connectivity index (χ0n) is 7.62. The van der Waals surface area contributed by atoms with E-state index >= 15 is 0 Å². The van der Waals surface area contributed by atoms with Crippen molar-refractivity contribution in [1.29, 1.82) is 0 Å². The van der Waals surface area contributed by atoms with Gasteiger partial charge in [0.05, 0.1) is 11.9 Å². The minimum atomic E-state index is -1.82. The number of hydrogen-bond donors (Lipinski definition) is 0. The molecular weight excluding hydrogens is 198 g/mol. The minimum absolute atomic E-state index is 0. The fourth-order valence-electron chi connectivity index (χ4n) is 0.422. The van der Waals surface area contributed by atoms with Crippen LogP contribution in [0.15, 0.2) is 11.6 Å². The molecule has 0 heterocycles. The Morgan fingerprint density at radius 1 is 1.08 bits per heavy atom. The topological polar surface area (TPSA) is 97.3 Å². The number of aliphatic carboxylic acids is 2. The van der Waals surface area contributed by atoms with Crippen molar-refractivity contribution < 1.29 is 83.7 Å². The van der Waals surface area contributed by atoms with E-state index in [4.69, 9.17) is 0 Å². The fraction of sp³-hybridized carbons (Fsp3) is 0.167. The van der Waals surface area contributed by atoms with Crippen molar-refractivity contribution in [3.8, 4) is 0 Å².